The third-order valence-electron chi connectivity index (χ3n) is 14.2. The van der Waals surface area contributed by atoms with Gasteiger partial charge in [0.2, 0.25) is 0 Å². The molecule has 266 valence electrons. The molecule has 4 saturated heterocycles. The molecule has 0 aromatic heterocycles. The van der Waals surface area contributed by atoms with Crippen LogP contribution in [0.5, 0.6) is 0 Å². The summed E-state index contributed by atoms with van der Waals surface area (Å²) in [4.78, 5) is 3.20. The molecule has 0 amide bonds. The molecule has 4 bridgehead atoms. The SMILES string of the molecule is CC(C)c1cccc(C(C)C)c1-c1cccc(-c2c(C(C)C)cccc2C(C)C)c1N(CB1C2CCCC1CCC2)B1C2CCCC1CCC2. The number of benzene rings is 3. The average Bonchev–Trinajstić information content (AvgIpc) is 3.09. The maximum Gasteiger partial charge on any atom is 0.260 e. The average molecular weight is 668 g/mol. The van der Waals surface area contributed by atoms with E-state index in [1.807, 2.05) is 0 Å². The van der Waals surface area contributed by atoms with Crippen molar-refractivity contribution in [1.82, 2.24) is 0 Å². The van der Waals surface area contributed by atoms with Gasteiger partial charge in [-0.25, -0.2) is 0 Å². The lowest BCUT2D eigenvalue weighted by Gasteiger charge is -2.51. The fourth-order valence-electron chi connectivity index (χ4n) is 11.8. The normalized spacial score (nSPS) is 23.8. The predicted octanol–water partition coefficient (Wildman–Crippen LogP) is 14.6. The minimum Gasteiger partial charge on any atom is -0.420 e. The largest absolute Gasteiger partial charge is 0.420 e. The molecule has 3 aromatic carbocycles. The van der Waals surface area contributed by atoms with Crippen LogP contribution in [0.25, 0.3) is 22.3 Å². The highest BCUT2D eigenvalue weighted by Gasteiger charge is 2.48. The summed E-state index contributed by atoms with van der Waals surface area (Å²) in [5.74, 6) is 5.33. The molecular weight excluding hydrogens is 600 g/mol. The van der Waals surface area contributed by atoms with Crippen LogP contribution in [-0.2, 0) is 0 Å². The molecule has 0 radical (unpaired) electrons. The van der Waals surface area contributed by atoms with Gasteiger partial charge in [0.15, 0.2) is 6.71 Å². The van der Waals surface area contributed by atoms with Gasteiger partial charge in [-0.1, -0.05) is 199 Å². The van der Waals surface area contributed by atoms with Crippen LogP contribution in [0, 0.1) is 0 Å². The van der Waals surface area contributed by atoms with Gasteiger partial charge in [-0.05, 0) is 75.1 Å². The Morgan fingerprint density at radius 1 is 0.480 bits per heavy atom. The molecule has 3 heteroatoms. The quantitative estimate of drug-likeness (QED) is 0.195. The molecule has 0 unspecified atom stereocenters. The van der Waals surface area contributed by atoms with Gasteiger partial charge in [0.25, 0.3) is 6.85 Å². The van der Waals surface area contributed by atoms with E-state index in [1.165, 1.54) is 128 Å². The minimum atomic E-state index is 0.467. The van der Waals surface area contributed by atoms with Crippen molar-refractivity contribution < 1.29 is 0 Å². The van der Waals surface area contributed by atoms with Gasteiger partial charge in [-0.2, -0.15) is 0 Å². The van der Waals surface area contributed by atoms with E-state index in [2.05, 4.69) is 115 Å². The molecule has 7 rings (SSSR count). The van der Waals surface area contributed by atoms with Crippen LogP contribution in [0.3, 0.4) is 0 Å². The second kappa shape index (κ2) is 15.3. The fourth-order valence-corrected chi connectivity index (χ4v) is 11.8. The molecule has 0 saturated carbocycles. The fraction of sp³-hybridized carbons (Fsp3) is 0.617. The van der Waals surface area contributed by atoms with Gasteiger partial charge < -0.3 is 4.81 Å². The van der Waals surface area contributed by atoms with Crippen LogP contribution in [-0.4, -0.2) is 20.0 Å². The molecule has 0 aliphatic carbocycles. The first-order valence-corrected chi connectivity index (χ1v) is 21.3. The van der Waals surface area contributed by atoms with Crippen molar-refractivity contribution in [1.29, 1.82) is 0 Å². The zero-order valence-corrected chi connectivity index (χ0v) is 33.1. The highest BCUT2D eigenvalue weighted by Crippen LogP contribution is 2.55. The van der Waals surface area contributed by atoms with Crippen LogP contribution in [0.15, 0.2) is 54.6 Å². The molecule has 4 fully saturated rings. The standard InChI is InChI=1S/C47H67B2N/c1-31(2)39-24-13-25-40(32(3)4)45(39)43-28-15-29-44(46-41(33(5)6)26-14-27-42(46)34(7)8)47(43)50(49-37-20-11-21-38(49)23-12-22-37)30-48-35-16-9-17-36(48)19-10-18-35/h13-15,24-29,31-38H,9-12,16-23,30H2,1-8H3. The second-order valence-electron chi connectivity index (χ2n) is 18.5. The first-order valence-electron chi connectivity index (χ1n) is 21.3. The Morgan fingerprint density at radius 2 is 0.800 bits per heavy atom. The maximum absolute atomic E-state index is 3.20. The zero-order valence-electron chi connectivity index (χ0n) is 33.1. The summed E-state index contributed by atoms with van der Waals surface area (Å²) in [5, 5.41) is 0. The molecule has 0 spiro atoms. The number of fused-ring (bicyclic) bond motifs is 4. The summed E-state index contributed by atoms with van der Waals surface area (Å²) in [6.07, 6.45) is 18.6. The van der Waals surface area contributed by atoms with Crippen LogP contribution < -0.4 is 4.81 Å². The summed E-state index contributed by atoms with van der Waals surface area (Å²) < 4.78 is 0. The molecule has 0 atom stereocenters. The third kappa shape index (κ3) is 6.78. The Hall–Kier alpha value is -2.41. The van der Waals surface area contributed by atoms with E-state index < -0.39 is 0 Å². The van der Waals surface area contributed by atoms with E-state index >= 15 is 0 Å². The van der Waals surface area contributed by atoms with E-state index in [0.717, 1.165) is 30.0 Å². The number of para-hydroxylation sites is 1. The van der Waals surface area contributed by atoms with Gasteiger partial charge in [0.1, 0.15) is 0 Å². The van der Waals surface area contributed by atoms with E-state index in [9.17, 15) is 0 Å². The first kappa shape index (κ1) is 36.0. The van der Waals surface area contributed by atoms with Crippen LogP contribution in [0.2, 0.25) is 23.3 Å². The van der Waals surface area contributed by atoms with E-state index in [1.54, 1.807) is 5.69 Å². The van der Waals surface area contributed by atoms with Gasteiger partial charge in [-0.3, -0.25) is 0 Å². The minimum absolute atomic E-state index is 0.467. The van der Waals surface area contributed by atoms with Gasteiger partial charge in [-0.15, -0.1) is 0 Å². The van der Waals surface area contributed by atoms with Crippen molar-refractivity contribution in [3.63, 3.8) is 0 Å². The predicted molar refractivity (Wildman–Crippen MR) is 223 cm³/mol. The Balaban J connectivity index is 1.57. The first-order chi connectivity index (χ1) is 24.2. The number of rotatable bonds is 10. The van der Waals surface area contributed by atoms with Gasteiger partial charge in [0.05, 0.1) is 0 Å². The van der Waals surface area contributed by atoms with Crippen molar-refractivity contribution in [3.05, 3.63) is 76.9 Å². The summed E-state index contributed by atoms with van der Waals surface area (Å²) in [6.45, 7) is 20.8. The summed E-state index contributed by atoms with van der Waals surface area (Å²) in [7, 11) is 0. The van der Waals surface area contributed by atoms with Crippen LogP contribution in [0.1, 0.15) is 178 Å². The summed E-state index contributed by atoms with van der Waals surface area (Å²) in [6, 6.07) is 22.1. The zero-order chi connectivity index (χ0) is 35.1. The van der Waals surface area contributed by atoms with E-state index in [-0.39, 0.29) is 0 Å². The Bertz CT molecular complexity index is 1440. The van der Waals surface area contributed by atoms with Crippen LogP contribution >= 0.6 is 0 Å². The molecule has 50 heavy (non-hydrogen) atoms. The summed E-state index contributed by atoms with van der Waals surface area (Å²) >= 11 is 0. The maximum atomic E-state index is 3.20. The lowest BCUT2D eigenvalue weighted by atomic mass is 9.25. The Morgan fingerprint density at radius 3 is 1.14 bits per heavy atom. The number of nitrogens with zero attached hydrogens (tertiary/aromatic N) is 1. The monoisotopic (exact) mass is 668 g/mol. The van der Waals surface area contributed by atoms with E-state index in [0.29, 0.717) is 30.5 Å². The number of hydrogen-bond acceptors (Lipinski definition) is 1. The number of anilines is 1. The second-order valence-corrected chi connectivity index (χ2v) is 18.5. The Labute approximate surface area is 308 Å². The third-order valence-corrected chi connectivity index (χ3v) is 14.2. The van der Waals surface area contributed by atoms with Crippen LogP contribution in [0.4, 0.5) is 5.69 Å². The molecular formula is C47H67B2N. The summed E-state index contributed by atoms with van der Waals surface area (Å²) in [5.41, 5.74) is 13.8. The molecule has 4 heterocycles. The van der Waals surface area contributed by atoms with Crippen molar-refractivity contribution in [2.75, 3.05) is 11.3 Å². The van der Waals surface area contributed by atoms with E-state index in [4.69, 9.17) is 0 Å². The smallest absolute Gasteiger partial charge is 0.260 e. The molecule has 4 aliphatic rings. The van der Waals surface area contributed by atoms with Crippen molar-refractivity contribution >= 4 is 19.2 Å². The molecule has 1 nitrogen and oxygen atoms in total. The molecule has 3 aromatic rings. The number of hydrogen-bond donors (Lipinski definition) is 0. The topological polar surface area (TPSA) is 3.24 Å². The Kier molecular flexibility index (Phi) is 11.0. The molecule has 0 N–H and O–H groups in total. The lowest BCUT2D eigenvalue weighted by molar-refractivity contribution is 0.435. The van der Waals surface area contributed by atoms with Gasteiger partial charge in [0, 0.05) is 16.8 Å². The highest BCUT2D eigenvalue weighted by molar-refractivity contribution is 6.72. The highest BCUT2D eigenvalue weighted by atomic mass is 15.1. The van der Waals surface area contributed by atoms with Crippen molar-refractivity contribution in [3.8, 4) is 22.3 Å². The lowest BCUT2D eigenvalue weighted by Crippen LogP contribution is -2.56. The molecule has 4 aliphatic heterocycles. The van der Waals surface area contributed by atoms with Crippen molar-refractivity contribution in [2.45, 2.75) is 179 Å². The van der Waals surface area contributed by atoms with Crippen molar-refractivity contribution in [2.24, 2.45) is 0 Å². The van der Waals surface area contributed by atoms with Gasteiger partial charge >= 0.3 is 0 Å².